The Hall–Kier alpha value is -0.850. The topological polar surface area (TPSA) is 64.8 Å². The highest BCUT2D eigenvalue weighted by Gasteiger charge is 2.17. The molecule has 0 N–H and O–H groups in total. The number of rotatable bonds is 4. The van der Waals surface area contributed by atoms with Crippen molar-refractivity contribution in [1.82, 2.24) is 14.5 Å². The van der Waals surface area contributed by atoms with Crippen LogP contribution in [0.3, 0.4) is 0 Å². The highest BCUT2D eigenvalue weighted by atomic mass is 35.5. The fraction of sp³-hybridized carbons (Fsp3) is 0.455. The zero-order valence-electron chi connectivity index (χ0n) is 10.5. The molecule has 0 aromatic carbocycles. The van der Waals surface area contributed by atoms with Crippen LogP contribution in [0.1, 0.15) is 18.1 Å². The number of alkyl halides is 1. The van der Waals surface area contributed by atoms with E-state index in [0.717, 1.165) is 0 Å². The van der Waals surface area contributed by atoms with Gasteiger partial charge in [-0.3, -0.25) is 0 Å². The first-order valence-corrected chi connectivity index (χ1v) is 8.49. The van der Waals surface area contributed by atoms with Gasteiger partial charge in [0.15, 0.2) is 5.65 Å². The number of aryl methyl sites for hydroxylation is 1. The van der Waals surface area contributed by atoms with Crippen LogP contribution in [-0.2, 0) is 16.4 Å². The minimum absolute atomic E-state index is 0.0133. The molecular weight excluding hydrogens is 309 g/mol. The van der Waals surface area contributed by atoms with Crippen molar-refractivity contribution in [2.45, 2.75) is 18.8 Å². The van der Waals surface area contributed by atoms with Crippen molar-refractivity contribution in [2.75, 3.05) is 12.0 Å². The molecular formula is C11H13Cl2N3O2S. The smallest absolute Gasteiger partial charge is 0.160 e. The lowest BCUT2D eigenvalue weighted by molar-refractivity contribution is 0.593. The molecule has 19 heavy (non-hydrogen) atoms. The molecule has 2 aromatic heterocycles. The van der Waals surface area contributed by atoms with Crippen molar-refractivity contribution in [2.24, 2.45) is 0 Å². The Bertz CT molecular complexity index is 710. The molecule has 1 atom stereocenters. The van der Waals surface area contributed by atoms with Crippen LogP contribution in [0, 0.1) is 0 Å². The Labute approximate surface area is 121 Å². The number of aromatic nitrogens is 3. The molecule has 0 fully saturated rings. The predicted molar refractivity (Wildman–Crippen MR) is 76.5 cm³/mol. The van der Waals surface area contributed by atoms with Gasteiger partial charge in [-0.1, -0.05) is 11.6 Å². The number of sulfone groups is 1. The molecule has 0 aliphatic heterocycles. The van der Waals surface area contributed by atoms with Crippen LogP contribution in [0.15, 0.2) is 12.3 Å². The first kappa shape index (κ1) is 14.6. The van der Waals surface area contributed by atoms with Crippen molar-refractivity contribution in [3.05, 3.63) is 23.1 Å². The Morgan fingerprint density at radius 3 is 2.74 bits per heavy atom. The monoisotopic (exact) mass is 321 g/mol. The second kappa shape index (κ2) is 5.26. The molecule has 8 heteroatoms. The summed E-state index contributed by atoms with van der Waals surface area (Å²) in [6.07, 6.45) is 2.70. The third kappa shape index (κ3) is 3.38. The summed E-state index contributed by atoms with van der Waals surface area (Å²) in [6, 6.07) is 1.68. The Morgan fingerprint density at radius 2 is 2.16 bits per heavy atom. The molecule has 0 spiro atoms. The molecule has 1 unspecified atom stereocenters. The van der Waals surface area contributed by atoms with Gasteiger partial charge in [-0.2, -0.15) is 0 Å². The fourth-order valence-corrected chi connectivity index (χ4v) is 2.62. The molecule has 0 radical (unpaired) electrons. The van der Waals surface area contributed by atoms with E-state index in [-0.39, 0.29) is 17.7 Å². The van der Waals surface area contributed by atoms with Crippen molar-refractivity contribution >= 4 is 44.2 Å². The molecule has 0 saturated carbocycles. The maximum Gasteiger partial charge on any atom is 0.160 e. The number of imidazole rings is 1. The fourth-order valence-electron chi connectivity index (χ4n) is 1.79. The van der Waals surface area contributed by atoms with E-state index < -0.39 is 9.84 Å². The lowest BCUT2D eigenvalue weighted by Gasteiger charge is -2.08. The van der Waals surface area contributed by atoms with Gasteiger partial charge in [0.05, 0.1) is 16.2 Å². The Kier molecular flexibility index (Phi) is 4.03. The van der Waals surface area contributed by atoms with E-state index in [1.54, 1.807) is 17.6 Å². The SMILES string of the molecule is CC(Cl)c1nc2cc(Cl)cnc2n1CCS(C)(=O)=O. The van der Waals surface area contributed by atoms with Crippen LogP contribution < -0.4 is 0 Å². The summed E-state index contributed by atoms with van der Waals surface area (Å²) < 4.78 is 24.3. The number of hydrogen-bond donors (Lipinski definition) is 0. The van der Waals surface area contributed by atoms with Gasteiger partial charge in [-0.25, -0.2) is 18.4 Å². The number of pyridine rings is 1. The average Bonchev–Trinajstić information content (AvgIpc) is 2.63. The number of halogens is 2. The Morgan fingerprint density at radius 1 is 1.47 bits per heavy atom. The van der Waals surface area contributed by atoms with Crippen LogP contribution in [0.4, 0.5) is 0 Å². The van der Waals surface area contributed by atoms with Crippen LogP contribution in [0.25, 0.3) is 11.2 Å². The number of nitrogens with zero attached hydrogens (tertiary/aromatic N) is 3. The second-order valence-corrected chi connectivity index (χ2v) is 7.71. The highest BCUT2D eigenvalue weighted by Crippen LogP contribution is 2.24. The summed E-state index contributed by atoms with van der Waals surface area (Å²) in [4.78, 5) is 8.56. The first-order valence-electron chi connectivity index (χ1n) is 5.61. The van der Waals surface area contributed by atoms with Crippen LogP contribution in [0.2, 0.25) is 5.02 Å². The molecule has 0 bridgehead atoms. The van der Waals surface area contributed by atoms with Gasteiger partial charge in [0.25, 0.3) is 0 Å². The summed E-state index contributed by atoms with van der Waals surface area (Å²) in [5.74, 6) is 0.606. The largest absolute Gasteiger partial charge is 0.310 e. The lowest BCUT2D eigenvalue weighted by atomic mass is 10.4. The highest BCUT2D eigenvalue weighted by molar-refractivity contribution is 7.90. The van der Waals surface area contributed by atoms with E-state index in [1.165, 1.54) is 12.5 Å². The van der Waals surface area contributed by atoms with Gasteiger partial charge in [0.1, 0.15) is 21.2 Å². The maximum atomic E-state index is 11.3. The molecule has 2 aromatic rings. The quantitative estimate of drug-likeness (QED) is 0.811. The van der Waals surface area contributed by atoms with E-state index in [0.29, 0.717) is 22.0 Å². The van der Waals surface area contributed by atoms with Crippen molar-refractivity contribution in [3.63, 3.8) is 0 Å². The molecule has 0 amide bonds. The third-order valence-corrected chi connectivity index (χ3v) is 3.95. The zero-order valence-corrected chi connectivity index (χ0v) is 12.8. The molecule has 0 saturated heterocycles. The Balaban J connectivity index is 2.52. The summed E-state index contributed by atoms with van der Waals surface area (Å²) >= 11 is 11.9. The molecule has 0 aliphatic carbocycles. The van der Waals surface area contributed by atoms with Crippen LogP contribution in [-0.4, -0.2) is 35.0 Å². The van der Waals surface area contributed by atoms with E-state index in [9.17, 15) is 8.42 Å². The number of fused-ring (bicyclic) bond motifs is 1. The van der Waals surface area contributed by atoms with Crippen molar-refractivity contribution in [1.29, 1.82) is 0 Å². The first-order chi connectivity index (χ1) is 8.78. The van der Waals surface area contributed by atoms with Gasteiger partial charge in [0.2, 0.25) is 0 Å². The molecule has 5 nitrogen and oxygen atoms in total. The third-order valence-electron chi connectivity index (χ3n) is 2.62. The van der Waals surface area contributed by atoms with E-state index in [2.05, 4.69) is 9.97 Å². The van der Waals surface area contributed by atoms with E-state index >= 15 is 0 Å². The molecule has 2 heterocycles. The normalized spacial score (nSPS) is 13.9. The lowest BCUT2D eigenvalue weighted by Crippen LogP contribution is -2.14. The van der Waals surface area contributed by atoms with Gasteiger partial charge in [-0.15, -0.1) is 11.6 Å². The minimum Gasteiger partial charge on any atom is -0.310 e. The van der Waals surface area contributed by atoms with Crippen molar-refractivity contribution < 1.29 is 8.42 Å². The maximum absolute atomic E-state index is 11.3. The van der Waals surface area contributed by atoms with Gasteiger partial charge in [0, 0.05) is 19.0 Å². The van der Waals surface area contributed by atoms with Gasteiger partial charge < -0.3 is 4.57 Å². The van der Waals surface area contributed by atoms with Gasteiger partial charge >= 0.3 is 0 Å². The van der Waals surface area contributed by atoms with Crippen LogP contribution in [0.5, 0.6) is 0 Å². The predicted octanol–water partition coefficient (Wildman–Crippen LogP) is 2.43. The van der Waals surface area contributed by atoms with Crippen molar-refractivity contribution in [3.8, 4) is 0 Å². The zero-order chi connectivity index (χ0) is 14.2. The standard InChI is InChI=1S/C11H13Cl2N3O2S/c1-7(12)10-15-9-5-8(13)6-14-11(9)16(10)3-4-19(2,17)18/h5-7H,3-4H2,1-2H3. The van der Waals surface area contributed by atoms with E-state index in [1.807, 2.05) is 0 Å². The van der Waals surface area contributed by atoms with E-state index in [4.69, 9.17) is 23.2 Å². The summed E-state index contributed by atoms with van der Waals surface area (Å²) in [6.45, 7) is 2.05. The van der Waals surface area contributed by atoms with Gasteiger partial charge in [-0.05, 0) is 13.0 Å². The summed E-state index contributed by atoms with van der Waals surface area (Å²) in [7, 11) is -3.07. The molecule has 2 rings (SSSR count). The summed E-state index contributed by atoms with van der Waals surface area (Å²) in [5.41, 5.74) is 1.21. The number of hydrogen-bond acceptors (Lipinski definition) is 4. The minimum atomic E-state index is -3.07. The summed E-state index contributed by atoms with van der Waals surface area (Å²) in [5, 5.41) is 0.140. The second-order valence-electron chi connectivity index (χ2n) is 4.36. The molecule has 0 aliphatic rings. The average molecular weight is 322 g/mol. The molecule has 104 valence electrons. The van der Waals surface area contributed by atoms with Crippen LogP contribution >= 0.6 is 23.2 Å².